The highest BCUT2D eigenvalue weighted by molar-refractivity contribution is 5.93. The lowest BCUT2D eigenvalue weighted by molar-refractivity contribution is -0.136. The van der Waals surface area contributed by atoms with Crippen LogP contribution in [0, 0.1) is 11.8 Å². The first kappa shape index (κ1) is 46.2. The fourth-order valence-electron chi connectivity index (χ4n) is 10.4. The zero-order valence-electron chi connectivity index (χ0n) is 39.5. The number of imidazole rings is 2. The Morgan fingerprint density at radius 2 is 1.23 bits per heavy atom. The Hall–Kier alpha value is -6.32. The largest absolute Gasteiger partial charge is 0.467 e. The molecule has 1 spiro atoms. The molecule has 3 fully saturated rings. The molecule has 4 amide bonds. The molecule has 2 saturated heterocycles. The molecule has 5 aromatic rings. The SMILES string of the molecule is CC.COC(=O)N[C@H](C(=O)N1CCC[C@H]1c1ncc(-c2ccc3c(c2)OC2(CCCCC2)n2c-3cc3cc(-c4cnc([C@@H]5CCCN5C(=O)[C@@H](NC(=O)OC)C(C)C)[nH]4)ccc32)[nH]1)C(C)C. The molecule has 0 radical (unpaired) electrons. The zero-order valence-corrected chi connectivity index (χ0v) is 39.5. The highest BCUT2D eigenvalue weighted by Crippen LogP contribution is 2.51. The fourth-order valence-corrected chi connectivity index (χ4v) is 10.4. The standard InChI is InChI=1S/C48H59N9O7.C2H6/c1-27(2)40(53-46(60)62-5)44(58)55-20-10-12-36(55)42-49-25-33(51-42)29-15-17-35-31(22-29)23-38-32-16-14-30(24-39(32)64-48(57(35)38)18-8-7-9-19-48)34-26-50-43(52-34)37-13-11-21-56(37)45(59)41(28(3)4)54-47(61)63-6;1-2/h14-17,22-28,36-37,40-41H,7-13,18-21H2,1-6H3,(H,49,51)(H,50,52)(H,53,60)(H,54,61);1-2H3/t36-,37-,40-,41-;/m0./s1. The number of hydrogen-bond acceptors (Lipinski definition) is 9. The minimum Gasteiger partial charge on any atom is -0.467 e. The molecule has 352 valence electrons. The average molecular weight is 904 g/mol. The highest BCUT2D eigenvalue weighted by Gasteiger charge is 2.43. The Morgan fingerprint density at radius 3 is 1.74 bits per heavy atom. The molecule has 2 aromatic carbocycles. The number of carbonyl (C=O) groups is 4. The number of fused-ring (bicyclic) bond motifs is 6. The number of methoxy groups -OCH3 is 2. The van der Waals surface area contributed by atoms with Gasteiger partial charge in [0, 0.05) is 48.0 Å². The summed E-state index contributed by atoms with van der Waals surface area (Å²) in [6.07, 6.45) is 10.7. The fraction of sp³-hybridized carbons (Fsp3) is 0.520. The molecular formula is C50H65N9O7. The summed E-state index contributed by atoms with van der Waals surface area (Å²) < 4.78 is 19.2. The molecule has 16 heteroatoms. The molecule has 0 unspecified atom stereocenters. The summed E-state index contributed by atoms with van der Waals surface area (Å²) in [6, 6.07) is 13.2. The van der Waals surface area contributed by atoms with E-state index in [2.05, 4.69) is 67.6 Å². The van der Waals surface area contributed by atoms with Gasteiger partial charge in [0.1, 0.15) is 29.5 Å². The number of amides is 4. The highest BCUT2D eigenvalue weighted by atomic mass is 16.5. The minimum atomic E-state index is -0.706. The van der Waals surface area contributed by atoms with Crippen LogP contribution < -0.4 is 15.4 Å². The van der Waals surface area contributed by atoms with Gasteiger partial charge in [-0.1, -0.05) is 60.1 Å². The molecule has 3 aliphatic heterocycles. The van der Waals surface area contributed by atoms with Gasteiger partial charge in [-0.05, 0) is 80.7 Å². The molecule has 9 rings (SSSR count). The first-order chi connectivity index (χ1) is 31.9. The van der Waals surface area contributed by atoms with E-state index in [0.29, 0.717) is 18.9 Å². The van der Waals surface area contributed by atoms with Gasteiger partial charge in [-0.25, -0.2) is 19.6 Å². The molecule has 3 aromatic heterocycles. The van der Waals surface area contributed by atoms with E-state index in [-0.39, 0.29) is 35.7 Å². The monoisotopic (exact) mass is 904 g/mol. The average Bonchev–Trinajstić information content (AvgIpc) is 4.19. The van der Waals surface area contributed by atoms with Crippen molar-refractivity contribution < 1.29 is 33.4 Å². The molecule has 4 aliphatic rings. The lowest BCUT2D eigenvalue weighted by Crippen LogP contribution is -2.51. The van der Waals surface area contributed by atoms with Gasteiger partial charge in [-0.3, -0.25) is 9.59 Å². The van der Waals surface area contributed by atoms with Crippen LogP contribution >= 0.6 is 0 Å². The second-order valence-electron chi connectivity index (χ2n) is 18.4. The van der Waals surface area contributed by atoms with Gasteiger partial charge in [0.2, 0.25) is 11.8 Å². The number of hydrogen-bond donors (Lipinski definition) is 4. The third-order valence-electron chi connectivity index (χ3n) is 13.7. The van der Waals surface area contributed by atoms with Crippen molar-refractivity contribution in [1.29, 1.82) is 0 Å². The van der Waals surface area contributed by atoms with Gasteiger partial charge in [0.15, 0.2) is 5.72 Å². The van der Waals surface area contributed by atoms with E-state index in [1.165, 1.54) is 14.2 Å². The van der Waals surface area contributed by atoms with Crippen molar-refractivity contribution in [2.24, 2.45) is 11.8 Å². The molecule has 6 heterocycles. The van der Waals surface area contributed by atoms with E-state index in [1.54, 1.807) is 0 Å². The number of alkyl carbamates (subject to hydrolysis) is 2. The summed E-state index contributed by atoms with van der Waals surface area (Å²) in [5, 5.41) is 6.54. The van der Waals surface area contributed by atoms with Crippen molar-refractivity contribution >= 4 is 34.9 Å². The summed E-state index contributed by atoms with van der Waals surface area (Å²) in [5.74, 6) is 1.74. The van der Waals surface area contributed by atoms with Crippen LogP contribution in [-0.2, 0) is 24.8 Å². The second kappa shape index (κ2) is 19.3. The molecule has 1 aliphatic carbocycles. The van der Waals surface area contributed by atoms with Gasteiger partial charge >= 0.3 is 12.2 Å². The van der Waals surface area contributed by atoms with E-state index < -0.39 is 30.0 Å². The maximum Gasteiger partial charge on any atom is 0.407 e. The number of H-pyrrole nitrogens is 2. The summed E-state index contributed by atoms with van der Waals surface area (Å²) in [7, 11) is 2.59. The Kier molecular flexibility index (Phi) is 13.5. The molecule has 1 saturated carbocycles. The number of carbonyl (C=O) groups excluding carboxylic acids is 4. The molecule has 66 heavy (non-hydrogen) atoms. The normalized spacial score (nSPS) is 19.4. The Labute approximate surface area is 386 Å². The summed E-state index contributed by atoms with van der Waals surface area (Å²) in [4.78, 5) is 72.1. The Morgan fingerprint density at radius 1 is 0.712 bits per heavy atom. The Bertz CT molecular complexity index is 2570. The maximum absolute atomic E-state index is 13.8. The van der Waals surface area contributed by atoms with Crippen LogP contribution in [0.25, 0.3) is 44.7 Å². The third-order valence-corrected chi connectivity index (χ3v) is 13.7. The number of rotatable bonds is 10. The number of aromatic amines is 2. The van der Waals surface area contributed by atoms with Crippen LogP contribution in [-0.4, -0.2) is 97.7 Å². The van der Waals surface area contributed by atoms with Crippen LogP contribution in [0.1, 0.15) is 123 Å². The number of nitrogens with zero attached hydrogens (tertiary/aromatic N) is 5. The smallest absolute Gasteiger partial charge is 0.407 e. The van der Waals surface area contributed by atoms with Crippen molar-refractivity contribution in [3.63, 3.8) is 0 Å². The van der Waals surface area contributed by atoms with Crippen molar-refractivity contribution in [2.75, 3.05) is 27.3 Å². The van der Waals surface area contributed by atoms with E-state index in [0.717, 1.165) is 114 Å². The van der Waals surface area contributed by atoms with Crippen molar-refractivity contribution in [2.45, 2.75) is 129 Å². The van der Waals surface area contributed by atoms with Gasteiger partial charge in [-0.2, -0.15) is 0 Å². The van der Waals surface area contributed by atoms with Crippen LogP contribution in [0.4, 0.5) is 9.59 Å². The summed E-state index contributed by atoms with van der Waals surface area (Å²) >= 11 is 0. The lowest BCUT2D eigenvalue weighted by Gasteiger charge is -2.44. The van der Waals surface area contributed by atoms with E-state index >= 15 is 0 Å². The second-order valence-corrected chi connectivity index (χ2v) is 18.4. The zero-order chi connectivity index (χ0) is 46.9. The maximum atomic E-state index is 13.8. The predicted molar refractivity (Wildman–Crippen MR) is 251 cm³/mol. The molecule has 4 atom stereocenters. The van der Waals surface area contributed by atoms with Crippen LogP contribution in [0.2, 0.25) is 0 Å². The minimum absolute atomic E-state index is 0.117. The van der Waals surface area contributed by atoms with Crippen molar-refractivity contribution in [1.82, 2.24) is 44.9 Å². The van der Waals surface area contributed by atoms with E-state index in [9.17, 15) is 19.2 Å². The van der Waals surface area contributed by atoms with Gasteiger partial charge in [0.25, 0.3) is 0 Å². The molecular weight excluding hydrogens is 839 g/mol. The molecule has 16 nitrogen and oxygen atoms in total. The topological polar surface area (TPSA) is 189 Å². The number of likely N-dealkylation sites (tertiary alicyclic amines) is 2. The number of ether oxygens (including phenoxy) is 3. The Balaban J connectivity index is 0.00000292. The number of benzene rings is 2. The predicted octanol–water partition coefficient (Wildman–Crippen LogP) is 9.21. The number of aromatic nitrogens is 5. The first-order valence-corrected chi connectivity index (χ1v) is 23.8. The van der Waals surface area contributed by atoms with Gasteiger partial charge in [0.05, 0.1) is 61.3 Å². The summed E-state index contributed by atoms with van der Waals surface area (Å²) in [6.45, 7) is 12.8. The summed E-state index contributed by atoms with van der Waals surface area (Å²) in [5.41, 5.74) is 6.33. The quantitative estimate of drug-likeness (QED) is 0.106. The molecule has 4 N–H and O–H groups in total. The van der Waals surface area contributed by atoms with Crippen LogP contribution in [0.15, 0.2) is 54.9 Å². The van der Waals surface area contributed by atoms with Gasteiger partial charge in [-0.15, -0.1) is 0 Å². The van der Waals surface area contributed by atoms with Crippen LogP contribution in [0.3, 0.4) is 0 Å². The van der Waals surface area contributed by atoms with Crippen molar-refractivity contribution in [3.8, 4) is 39.5 Å². The van der Waals surface area contributed by atoms with Crippen LogP contribution in [0.5, 0.6) is 5.75 Å². The number of nitrogens with one attached hydrogen (secondary N) is 4. The third kappa shape index (κ3) is 8.61. The van der Waals surface area contributed by atoms with E-state index in [1.807, 2.05) is 63.7 Å². The lowest BCUT2D eigenvalue weighted by atomic mass is 9.89. The van der Waals surface area contributed by atoms with E-state index in [4.69, 9.17) is 24.2 Å². The molecule has 0 bridgehead atoms. The van der Waals surface area contributed by atoms with Crippen molar-refractivity contribution in [3.05, 3.63) is 66.5 Å². The first-order valence-electron chi connectivity index (χ1n) is 23.8. The van der Waals surface area contributed by atoms with Gasteiger partial charge < -0.3 is 49.2 Å².